The molecule has 0 aliphatic heterocycles. The van der Waals surface area contributed by atoms with Gasteiger partial charge in [0.1, 0.15) is 5.60 Å². The minimum atomic E-state index is -1.17. The Kier molecular flexibility index (Phi) is 9.30. The fourth-order valence-electron chi connectivity index (χ4n) is 11.6. The molecule has 0 radical (unpaired) electrons. The van der Waals surface area contributed by atoms with Crippen LogP contribution in [0, 0.1) is 57.2 Å². The van der Waals surface area contributed by atoms with Crippen molar-refractivity contribution in [3.05, 3.63) is 0 Å². The smallest absolute Gasteiger partial charge is 0.331 e. The van der Waals surface area contributed by atoms with Crippen LogP contribution in [-0.4, -0.2) is 23.4 Å². The number of hydrogen-bond donors (Lipinski definition) is 1. The lowest BCUT2D eigenvalue weighted by molar-refractivity contribution is -0.203. The monoisotopic (exact) mass is 571 g/mol. The number of hydrogen-bond acceptors (Lipinski definition) is 4. The number of rotatable bonds is 9. The second kappa shape index (κ2) is 11.6. The summed E-state index contributed by atoms with van der Waals surface area (Å²) in [4.78, 5) is 24.9. The SMILES string of the molecule is CC(CCC[C@@H](C)[C@H]1CC[C@]2(C)[C@@H]1CC[C@@H]1[C@@]3(C)CCCC(C)(C)[C@@H]3CC[C@]12C)CC(=O)C(N)C(=O)OC(C)(C)C. The van der Waals surface area contributed by atoms with Crippen molar-refractivity contribution in [2.45, 2.75) is 164 Å². The van der Waals surface area contributed by atoms with E-state index in [1.54, 1.807) is 20.8 Å². The van der Waals surface area contributed by atoms with E-state index in [-0.39, 0.29) is 11.7 Å². The summed E-state index contributed by atoms with van der Waals surface area (Å²) in [6.45, 7) is 23.4. The fourth-order valence-corrected chi connectivity index (χ4v) is 11.6. The van der Waals surface area contributed by atoms with Crippen molar-refractivity contribution in [1.29, 1.82) is 0 Å². The van der Waals surface area contributed by atoms with Crippen LogP contribution in [0.15, 0.2) is 0 Å². The highest BCUT2D eigenvalue weighted by Gasteiger charge is 2.67. The number of carbonyl (C=O) groups excluding carboxylic acids is 2. The number of esters is 1. The molecule has 0 aromatic heterocycles. The van der Waals surface area contributed by atoms with E-state index in [0.29, 0.717) is 28.1 Å². The average Bonchev–Trinajstić information content (AvgIpc) is 3.20. The van der Waals surface area contributed by atoms with E-state index in [9.17, 15) is 9.59 Å². The van der Waals surface area contributed by atoms with Gasteiger partial charge in [0.2, 0.25) is 0 Å². The maximum atomic E-state index is 12.6. The molecule has 4 nitrogen and oxygen atoms in total. The first-order chi connectivity index (χ1) is 18.9. The van der Waals surface area contributed by atoms with Crippen LogP contribution in [-0.2, 0) is 14.3 Å². The van der Waals surface area contributed by atoms with E-state index >= 15 is 0 Å². The summed E-state index contributed by atoms with van der Waals surface area (Å²) < 4.78 is 5.32. The third kappa shape index (κ3) is 6.08. The summed E-state index contributed by atoms with van der Waals surface area (Å²) in [7, 11) is 0. The van der Waals surface area contributed by atoms with Gasteiger partial charge in [-0.25, -0.2) is 4.79 Å². The van der Waals surface area contributed by atoms with Crippen molar-refractivity contribution in [2.24, 2.45) is 62.9 Å². The van der Waals surface area contributed by atoms with Gasteiger partial charge in [-0.3, -0.25) is 4.79 Å². The Morgan fingerprint density at radius 3 is 2.17 bits per heavy atom. The van der Waals surface area contributed by atoms with Crippen molar-refractivity contribution < 1.29 is 14.3 Å². The molecule has 2 unspecified atom stereocenters. The summed E-state index contributed by atoms with van der Waals surface area (Å²) in [6.07, 6.45) is 16.6. The average molecular weight is 572 g/mol. The molecule has 4 saturated carbocycles. The first-order valence-corrected chi connectivity index (χ1v) is 17.4. The Hall–Kier alpha value is -0.900. The van der Waals surface area contributed by atoms with Gasteiger partial charge >= 0.3 is 5.97 Å². The zero-order valence-electron chi connectivity index (χ0n) is 28.5. The second-order valence-corrected chi connectivity index (χ2v) is 17.9. The van der Waals surface area contributed by atoms with Gasteiger partial charge in [0.15, 0.2) is 11.8 Å². The molecule has 0 aromatic rings. The quantitative estimate of drug-likeness (QED) is 0.221. The molecule has 4 fully saturated rings. The molecule has 10 atom stereocenters. The largest absolute Gasteiger partial charge is 0.458 e. The zero-order valence-corrected chi connectivity index (χ0v) is 28.5. The maximum absolute atomic E-state index is 12.6. The van der Waals surface area contributed by atoms with Gasteiger partial charge in [0, 0.05) is 6.42 Å². The van der Waals surface area contributed by atoms with Crippen LogP contribution in [0.3, 0.4) is 0 Å². The van der Waals surface area contributed by atoms with Gasteiger partial charge < -0.3 is 10.5 Å². The normalized spacial score (nSPS) is 40.5. The summed E-state index contributed by atoms with van der Waals surface area (Å²) in [5.41, 5.74) is 7.28. The van der Waals surface area contributed by atoms with Crippen LogP contribution in [0.25, 0.3) is 0 Å². The van der Waals surface area contributed by atoms with Crippen LogP contribution in [0.1, 0.15) is 153 Å². The highest BCUT2D eigenvalue weighted by Crippen LogP contribution is 2.75. The standard InChI is InChI=1S/C37H65NO3/c1-24(23-28(39)31(38)32(40)41-33(3,4)5)13-11-14-25(2)26-17-21-36(9)27(26)15-16-30-35(8)20-12-19-34(6,7)29(35)18-22-37(30,36)10/h24-27,29-31H,11-23,38H2,1-10H3/t24?,25-,26-,27-,29+,30-,31?,35+,36-,37-/m1/s1. The Bertz CT molecular complexity index is 966. The molecular weight excluding hydrogens is 506 g/mol. The lowest BCUT2D eigenvalue weighted by atomic mass is 9.35. The second-order valence-electron chi connectivity index (χ2n) is 17.9. The van der Waals surface area contributed by atoms with Gasteiger partial charge in [-0.2, -0.15) is 0 Å². The van der Waals surface area contributed by atoms with Gasteiger partial charge in [0.05, 0.1) is 0 Å². The number of Topliss-reactive ketones (excluding diaryl/α,β-unsaturated/α-hetero) is 1. The molecule has 4 heteroatoms. The molecule has 0 spiro atoms. The molecule has 0 saturated heterocycles. The number of fused-ring (bicyclic) bond motifs is 5. The molecule has 4 aliphatic carbocycles. The van der Waals surface area contributed by atoms with Gasteiger partial charge in [-0.1, -0.05) is 74.1 Å². The van der Waals surface area contributed by atoms with E-state index in [1.807, 2.05) is 0 Å². The third-order valence-corrected chi connectivity index (χ3v) is 13.8. The molecular formula is C37H65NO3. The molecule has 2 N–H and O–H groups in total. The van der Waals surface area contributed by atoms with Gasteiger partial charge in [-0.15, -0.1) is 0 Å². The topological polar surface area (TPSA) is 69.4 Å². The Labute approximate surface area is 253 Å². The van der Waals surface area contributed by atoms with E-state index < -0.39 is 17.6 Å². The summed E-state index contributed by atoms with van der Waals surface area (Å²) in [5, 5.41) is 0. The number of ketones is 1. The molecule has 0 bridgehead atoms. The maximum Gasteiger partial charge on any atom is 0.331 e. The minimum Gasteiger partial charge on any atom is -0.458 e. The number of nitrogens with two attached hydrogens (primary N) is 1. The molecule has 0 amide bonds. The highest BCUT2D eigenvalue weighted by molar-refractivity contribution is 6.03. The van der Waals surface area contributed by atoms with Crippen LogP contribution in [0.2, 0.25) is 0 Å². The molecule has 4 aliphatic rings. The van der Waals surface area contributed by atoms with Crippen LogP contribution in [0.5, 0.6) is 0 Å². The first-order valence-electron chi connectivity index (χ1n) is 17.4. The molecule has 236 valence electrons. The third-order valence-electron chi connectivity index (χ3n) is 13.8. The lowest BCUT2D eigenvalue weighted by Crippen LogP contribution is -2.62. The summed E-state index contributed by atoms with van der Waals surface area (Å²) >= 11 is 0. The zero-order chi connectivity index (χ0) is 30.6. The molecule has 0 heterocycles. The van der Waals surface area contributed by atoms with E-state index in [2.05, 4.69) is 48.5 Å². The van der Waals surface area contributed by atoms with Crippen molar-refractivity contribution in [1.82, 2.24) is 0 Å². The van der Waals surface area contributed by atoms with Crippen molar-refractivity contribution in [2.75, 3.05) is 0 Å². The Morgan fingerprint density at radius 2 is 1.51 bits per heavy atom. The van der Waals surface area contributed by atoms with Crippen molar-refractivity contribution >= 4 is 11.8 Å². The number of ether oxygens (including phenoxy) is 1. The van der Waals surface area contributed by atoms with E-state index in [1.165, 1.54) is 64.2 Å². The highest BCUT2D eigenvalue weighted by atomic mass is 16.6. The predicted molar refractivity (Wildman–Crippen MR) is 169 cm³/mol. The van der Waals surface area contributed by atoms with Gasteiger partial charge in [-0.05, 0) is 129 Å². The van der Waals surface area contributed by atoms with Crippen molar-refractivity contribution in [3.63, 3.8) is 0 Å². The van der Waals surface area contributed by atoms with Crippen LogP contribution >= 0.6 is 0 Å². The Balaban J connectivity index is 1.32. The molecule has 4 rings (SSSR count). The minimum absolute atomic E-state index is 0.193. The van der Waals surface area contributed by atoms with Gasteiger partial charge in [0.25, 0.3) is 0 Å². The summed E-state index contributed by atoms with van der Waals surface area (Å²) in [6, 6.07) is -1.17. The summed E-state index contributed by atoms with van der Waals surface area (Å²) in [5.74, 6) is 3.65. The van der Waals surface area contributed by atoms with E-state index in [4.69, 9.17) is 10.5 Å². The van der Waals surface area contributed by atoms with Crippen molar-refractivity contribution in [3.8, 4) is 0 Å². The lowest BCUT2D eigenvalue weighted by Gasteiger charge is -2.69. The molecule has 0 aromatic carbocycles. The molecule has 41 heavy (non-hydrogen) atoms. The fraction of sp³-hybridized carbons (Fsp3) is 0.946. The first kappa shape index (κ1) is 33.0. The van der Waals surface area contributed by atoms with E-state index in [0.717, 1.165) is 42.4 Å². The predicted octanol–water partition coefficient (Wildman–Crippen LogP) is 9.13. The number of carbonyl (C=O) groups is 2. The van der Waals surface area contributed by atoms with Crippen LogP contribution in [0.4, 0.5) is 0 Å². The Morgan fingerprint density at radius 1 is 0.854 bits per heavy atom. The van der Waals surface area contributed by atoms with Crippen LogP contribution < -0.4 is 5.73 Å².